The van der Waals surface area contributed by atoms with Crippen molar-refractivity contribution >= 4 is 39.3 Å². The molecule has 4 aromatic carbocycles. The third kappa shape index (κ3) is 8.88. The number of likely N-dealkylation sites (N-methyl/N-ethyl adjacent to an activating group) is 1. The number of nitrogens with one attached hydrogen (secondary N) is 2. The lowest BCUT2D eigenvalue weighted by Crippen LogP contribution is -2.55. The van der Waals surface area contributed by atoms with E-state index in [0.717, 1.165) is 51.9 Å². The van der Waals surface area contributed by atoms with E-state index >= 15 is 0 Å². The fraction of sp³-hybridized carbons (Fsp3) is 0.361. The molecule has 2 atom stereocenters. The first-order chi connectivity index (χ1) is 20.9. The topological polar surface area (TPSA) is 105 Å². The summed E-state index contributed by atoms with van der Waals surface area (Å²) in [5.74, 6) is -0.726. The lowest BCUT2D eigenvalue weighted by atomic mass is 9.98. The lowest BCUT2D eigenvalue weighted by molar-refractivity contribution is -0.141. The third-order valence-electron chi connectivity index (χ3n) is 7.94. The highest BCUT2D eigenvalue weighted by atomic mass is 16.2. The molecule has 43 heavy (non-hydrogen) atoms. The van der Waals surface area contributed by atoms with Crippen LogP contribution in [0.2, 0.25) is 0 Å². The van der Waals surface area contributed by atoms with Crippen molar-refractivity contribution in [1.29, 1.82) is 0 Å². The van der Waals surface area contributed by atoms with Gasteiger partial charge in [-0.05, 0) is 52.1 Å². The highest BCUT2D eigenvalue weighted by Crippen LogP contribution is 2.20. The Labute approximate surface area is 254 Å². The maximum absolute atomic E-state index is 14.2. The van der Waals surface area contributed by atoms with Crippen molar-refractivity contribution in [2.75, 3.05) is 20.1 Å². The largest absolute Gasteiger partial charge is 0.354 e. The zero-order valence-electron chi connectivity index (χ0n) is 25.4. The van der Waals surface area contributed by atoms with Gasteiger partial charge < -0.3 is 21.3 Å². The van der Waals surface area contributed by atoms with Gasteiger partial charge >= 0.3 is 0 Å². The second kappa shape index (κ2) is 15.8. The molecule has 0 aromatic heterocycles. The second-order valence-corrected chi connectivity index (χ2v) is 11.2. The Morgan fingerprint density at radius 2 is 1.35 bits per heavy atom. The van der Waals surface area contributed by atoms with E-state index < -0.39 is 12.1 Å². The highest BCUT2D eigenvalue weighted by molar-refractivity contribution is 5.93. The van der Waals surface area contributed by atoms with Gasteiger partial charge in [-0.3, -0.25) is 14.4 Å². The minimum Gasteiger partial charge on any atom is -0.354 e. The zero-order valence-corrected chi connectivity index (χ0v) is 25.4. The number of carbonyl (C=O) groups excluding carboxylic acids is 3. The van der Waals surface area contributed by atoms with Gasteiger partial charge in [0, 0.05) is 32.9 Å². The summed E-state index contributed by atoms with van der Waals surface area (Å²) in [6, 6.07) is 26.8. The number of fused-ring (bicyclic) bond motifs is 2. The Bertz CT molecular complexity index is 1540. The van der Waals surface area contributed by atoms with Crippen molar-refractivity contribution in [3.8, 4) is 0 Å². The molecule has 0 bridgehead atoms. The minimum absolute atomic E-state index is 0.195. The van der Waals surface area contributed by atoms with Crippen LogP contribution in [0.25, 0.3) is 21.5 Å². The van der Waals surface area contributed by atoms with Crippen molar-refractivity contribution in [1.82, 2.24) is 15.5 Å². The summed E-state index contributed by atoms with van der Waals surface area (Å²) in [5, 5.41) is 10.4. The third-order valence-corrected chi connectivity index (χ3v) is 7.94. The van der Waals surface area contributed by atoms with Crippen molar-refractivity contribution in [3.63, 3.8) is 0 Å². The molecule has 3 amide bonds. The van der Waals surface area contributed by atoms with Crippen LogP contribution in [0, 0.1) is 0 Å². The Hall–Kier alpha value is -4.23. The number of nitrogens with two attached hydrogens (primary N) is 1. The fourth-order valence-electron chi connectivity index (χ4n) is 5.43. The molecule has 0 saturated carbocycles. The molecule has 7 heteroatoms. The number of nitrogens with zero attached hydrogens (tertiary/aromatic N) is 1. The van der Waals surface area contributed by atoms with E-state index in [4.69, 9.17) is 5.73 Å². The predicted molar refractivity (Wildman–Crippen MR) is 175 cm³/mol. The molecule has 7 nitrogen and oxygen atoms in total. The molecule has 4 rings (SSSR count). The molecule has 0 spiro atoms. The van der Waals surface area contributed by atoms with E-state index in [1.807, 2.05) is 66.7 Å². The fourth-order valence-corrected chi connectivity index (χ4v) is 5.43. The Balaban J connectivity index is 1.60. The summed E-state index contributed by atoms with van der Waals surface area (Å²) in [4.78, 5) is 42.1. The molecule has 226 valence electrons. The number of carbonyl (C=O) groups is 3. The first-order valence-electron chi connectivity index (χ1n) is 15.4. The van der Waals surface area contributed by atoms with Crippen LogP contribution in [-0.4, -0.2) is 54.8 Å². The maximum atomic E-state index is 14.2. The van der Waals surface area contributed by atoms with E-state index in [2.05, 4.69) is 35.8 Å². The maximum Gasteiger partial charge on any atom is 0.245 e. The molecular formula is C36H44N4O3. The van der Waals surface area contributed by atoms with Crippen LogP contribution >= 0.6 is 0 Å². The van der Waals surface area contributed by atoms with E-state index in [-0.39, 0.29) is 24.1 Å². The summed E-state index contributed by atoms with van der Waals surface area (Å²) < 4.78 is 0. The monoisotopic (exact) mass is 580 g/mol. The Morgan fingerprint density at radius 3 is 1.93 bits per heavy atom. The quantitative estimate of drug-likeness (QED) is 0.170. The van der Waals surface area contributed by atoms with Gasteiger partial charge in [-0.15, -0.1) is 0 Å². The van der Waals surface area contributed by atoms with E-state index in [0.29, 0.717) is 32.4 Å². The standard InChI is InChI=1S/C36H44N4O3/c1-3-4-9-21-38-35(42)33(25-27-17-19-29-12-6-8-14-31(29)23-27)40(2)36(43)32(39-34(41)15-10-20-37)24-26-16-18-28-11-5-7-13-30(28)22-26/h5-8,11-14,16-19,22-23,32-33H,3-4,9-10,15,20-21,24-25,37H2,1-2H3,(H,38,42)(H,39,41). The van der Waals surface area contributed by atoms with Gasteiger partial charge in [-0.2, -0.15) is 0 Å². The van der Waals surface area contributed by atoms with E-state index in [9.17, 15) is 14.4 Å². The Kier molecular flexibility index (Phi) is 11.7. The number of hydrogen-bond donors (Lipinski definition) is 3. The van der Waals surface area contributed by atoms with Crippen molar-refractivity contribution < 1.29 is 14.4 Å². The number of hydrogen-bond acceptors (Lipinski definition) is 4. The second-order valence-electron chi connectivity index (χ2n) is 11.2. The van der Waals surface area contributed by atoms with Crippen LogP contribution < -0.4 is 16.4 Å². The van der Waals surface area contributed by atoms with Crippen LogP contribution in [0.15, 0.2) is 84.9 Å². The smallest absolute Gasteiger partial charge is 0.245 e. The normalized spacial score (nSPS) is 12.5. The van der Waals surface area contributed by atoms with Gasteiger partial charge in [0.05, 0.1) is 0 Å². The Morgan fingerprint density at radius 1 is 0.767 bits per heavy atom. The van der Waals surface area contributed by atoms with E-state index in [1.165, 1.54) is 4.90 Å². The molecule has 0 aliphatic heterocycles. The van der Waals surface area contributed by atoms with Gasteiger partial charge in [0.25, 0.3) is 0 Å². The van der Waals surface area contributed by atoms with Crippen LogP contribution in [-0.2, 0) is 27.2 Å². The summed E-state index contributed by atoms with van der Waals surface area (Å²) in [5.41, 5.74) is 7.53. The van der Waals surface area contributed by atoms with Crippen LogP contribution in [0.5, 0.6) is 0 Å². The molecule has 0 aliphatic carbocycles. The lowest BCUT2D eigenvalue weighted by Gasteiger charge is -2.31. The van der Waals surface area contributed by atoms with Gasteiger partial charge in [0.2, 0.25) is 17.7 Å². The molecule has 0 aliphatic rings. The van der Waals surface area contributed by atoms with Gasteiger partial charge in [0.15, 0.2) is 0 Å². The van der Waals surface area contributed by atoms with Gasteiger partial charge in [0.1, 0.15) is 12.1 Å². The summed E-state index contributed by atoms with van der Waals surface area (Å²) >= 11 is 0. The van der Waals surface area contributed by atoms with Crippen LogP contribution in [0.3, 0.4) is 0 Å². The first-order valence-corrected chi connectivity index (χ1v) is 15.4. The molecule has 0 saturated heterocycles. The highest BCUT2D eigenvalue weighted by Gasteiger charge is 2.32. The number of rotatable bonds is 15. The summed E-state index contributed by atoms with van der Waals surface area (Å²) in [6.45, 7) is 3.07. The minimum atomic E-state index is -0.830. The molecule has 0 heterocycles. The van der Waals surface area contributed by atoms with E-state index in [1.54, 1.807) is 7.05 Å². The predicted octanol–water partition coefficient (Wildman–Crippen LogP) is 5.14. The van der Waals surface area contributed by atoms with Crippen molar-refractivity contribution in [3.05, 3.63) is 96.1 Å². The average Bonchev–Trinajstić information content (AvgIpc) is 3.03. The number of amides is 3. The molecule has 4 aromatic rings. The summed E-state index contributed by atoms with van der Waals surface area (Å²) in [6.07, 6.45) is 4.38. The molecule has 0 radical (unpaired) electrons. The number of unbranched alkanes of at least 4 members (excludes halogenated alkanes) is 2. The van der Waals surface area contributed by atoms with Gasteiger partial charge in [-0.25, -0.2) is 0 Å². The van der Waals surface area contributed by atoms with Gasteiger partial charge in [-0.1, -0.05) is 105 Å². The van der Waals surface area contributed by atoms with Crippen LogP contribution in [0.4, 0.5) is 0 Å². The average molecular weight is 581 g/mol. The number of benzene rings is 4. The summed E-state index contributed by atoms with van der Waals surface area (Å²) in [7, 11) is 1.67. The molecule has 2 unspecified atom stereocenters. The first kappa shape index (κ1) is 31.7. The zero-order chi connectivity index (χ0) is 30.6. The van der Waals surface area contributed by atoms with Crippen LogP contribution in [0.1, 0.15) is 50.2 Å². The SMILES string of the molecule is CCCCCNC(=O)C(Cc1ccc2ccccc2c1)N(C)C(=O)C(Cc1ccc2ccccc2c1)NC(=O)CCCN. The molecule has 4 N–H and O–H groups in total. The van der Waals surface area contributed by atoms with Crippen molar-refractivity contribution in [2.45, 2.75) is 64.0 Å². The molecule has 0 fully saturated rings. The van der Waals surface area contributed by atoms with Crippen molar-refractivity contribution in [2.24, 2.45) is 5.73 Å². The molecular weight excluding hydrogens is 536 g/mol.